The van der Waals surface area contributed by atoms with Crippen molar-refractivity contribution >= 4 is 5.97 Å². The zero-order valence-corrected chi connectivity index (χ0v) is 11.4. The van der Waals surface area contributed by atoms with Crippen LogP contribution in [-0.4, -0.2) is 17.7 Å². The number of hydrogen-bond donors (Lipinski definition) is 1. The van der Waals surface area contributed by atoms with Crippen LogP contribution in [0.2, 0.25) is 0 Å². The Kier molecular flexibility index (Phi) is 5.04. The topological polar surface area (TPSA) is 46.5 Å². The first-order valence-electron chi connectivity index (χ1n) is 6.53. The molecular weight excluding hydrogens is 297 g/mol. The highest BCUT2D eigenvalue weighted by Crippen LogP contribution is 2.22. The van der Waals surface area contributed by atoms with Crippen LogP contribution in [0.5, 0.6) is 5.75 Å². The predicted molar refractivity (Wildman–Crippen MR) is 73.2 cm³/mol. The van der Waals surface area contributed by atoms with E-state index in [0.717, 1.165) is 12.1 Å². The fraction of sp³-hybridized carbons (Fsp3) is 0.188. The molecule has 2 aromatic carbocycles. The van der Waals surface area contributed by atoms with Gasteiger partial charge in [-0.1, -0.05) is 12.1 Å². The van der Waals surface area contributed by atoms with Crippen molar-refractivity contribution in [3.63, 3.8) is 0 Å². The van der Waals surface area contributed by atoms with Gasteiger partial charge >= 0.3 is 5.97 Å². The molecule has 0 aliphatic heterocycles. The number of aliphatic carboxylic acids is 1. The van der Waals surface area contributed by atoms with Gasteiger partial charge in [0.1, 0.15) is 11.6 Å². The number of carbonyl (C=O) groups is 1. The quantitative estimate of drug-likeness (QED) is 0.884. The lowest BCUT2D eigenvalue weighted by Crippen LogP contribution is -2.15. The number of ether oxygens (including phenoxy) is 1. The molecule has 1 N–H and O–H groups in total. The second-order valence-corrected chi connectivity index (χ2v) is 4.66. The van der Waals surface area contributed by atoms with Crippen LogP contribution in [0.4, 0.5) is 13.2 Å². The average Bonchev–Trinajstić information content (AvgIpc) is 2.48. The van der Waals surface area contributed by atoms with Gasteiger partial charge < -0.3 is 9.84 Å². The molecule has 1 unspecified atom stereocenters. The van der Waals surface area contributed by atoms with Crippen LogP contribution in [0.1, 0.15) is 17.9 Å². The Balaban J connectivity index is 1.99. The van der Waals surface area contributed by atoms with Gasteiger partial charge in [0.15, 0.2) is 11.6 Å². The molecule has 0 radical (unpaired) electrons. The summed E-state index contributed by atoms with van der Waals surface area (Å²) in [5.41, 5.74) is 0.447. The first-order chi connectivity index (χ1) is 10.5. The minimum Gasteiger partial charge on any atom is -0.493 e. The monoisotopic (exact) mass is 310 g/mol. The maximum absolute atomic E-state index is 13.0. The van der Waals surface area contributed by atoms with Gasteiger partial charge in [-0.3, -0.25) is 4.79 Å². The van der Waals surface area contributed by atoms with E-state index in [4.69, 9.17) is 4.74 Å². The van der Waals surface area contributed by atoms with E-state index in [1.165, 1.54) is 30.3 Å². The van der Waals surface area contributed by atoms with Crippen LogP contribution in [0.15, 0.2) is 42.5 Å². The standard InChI is InChI=1S/C16H13F3O3/c17-11-3-1-10(2-4-11)13(16(20)21)7-8-22-12-5-6-14(18)15(19)9-12/h1-6,9,13H,7-8H2,(H,20,21). The summed E-state index contributed by atoms with van der Waals surface area (Å²) in [6, 6.07) is 8.23. The van der Waals surface area contributed by atoms with E-state index in [0.29, 0.717) is 5.56 Å². The van der Waals surface area contributed by atoms with Gasteiger partial charge in [0, 0.05) is 6.07 Å². The summed E-state index contributed by atoms with van der Waals surface area (Å²) < 4.78 is 43.9. The summed E-state index contributed by atoms with van der Waals surface area (Å²) in [5, 5.41) is 9.21. The van der Waals surface area contributed by atoms with E-state index in [2.05, 4.69) is 0 Å². The highest BCUT2D eigenvalue weighted by molar-refractivity contribution is 5.76. The molecule has 0 aliphatic carbocycles. The molecule has 0 amide bonds. The molecule has 2 rings (SSSR count). The minimum atomic E-state index is -1.07. The molecule has 0 saturated heterocycles. The van der Waals surface area contributed by atoms with Gasteiger partial charge in [-0.05, 0) is 36.2 Å². The first-order valence-corrected chi connectivity index (χ1v) is 6.53. The van der Waals surface area contributed by atoms with E-state index >= 15 is 0 Å². The molecule has 1 atom stereocenters. The maximum Gasteiger partial charge on any atom is 0.311 e. The summed E-state index contributed by atoms with van der Waals surface area (Å²) in [6.07, 6.45) is 0.111. The third-order valence-corrected chi connectivity index (χ3v) is 3.14. The molecule has 0 aliphatic rings. The smallest absolute Gasteiger partial charge is 0.311 e. The number of carboxylic acids is 1. The maximum atomic E-state index is 13.0. The van der Waals surface area contributed by atoms with Gasteiger partial charge in [-0.2, -0.15) is 0 Å². The summed E-state index contributed by atoms with van der Waals surface area (Å²) in [5.74, 6) is -4.30. The summed E-state index contributed by atoms with van der Waals surface area (Å²) in [6.45, 7) is -0.000580. The van der Waals surface area contributed by atoms with E-state index < -0.39 is 29.3 Å². The lowest BCUT2D eigenvalue weighted by Gasteiger charge is -2.13. The van der Waals surface area contributed by atoms with E-state index in [1.54, 1.807) is 0 Å². The van der Waals surface area contributed by atoms with Gasteiger partial charge in [0.25, 0.3) is 0 Å². The Morgan fingerprint density at radius 3 is 2.32 bits per heavy atom. The lowest BCUT2D eigenvalue weighted by molar-refractivity contribution is -0.139. The number of carboxylic acid groups (broad SMARTS) is 1. The number of benzene rings is 2. The van der Waals surface area contributed by atoms with Crippen molar-refractivity contribution in [1.82, 2.24) is 0 Å². The third-order valence-electron chi connectivity index (χ3n) is 3.14. The van der Waals surface area contributed by atoms with Crippen LogP contribution in [0.3, 0.4) is 0 Å². The second-order valence-electron chi connectivity index (χ2n) is 4.66. The highest BCUT2D eigenvalue weighted by atomic mass is 19.2. The van der Waals surface area contributed by atoms with Crippen molar-refractivity contribution in [2.45, 2.75) is 12.3 Å². The number of rotatable bonds is 6. The van der Waals surface area contributed by atoms with Gasteiger partial charge in [0.2, 0.25) is 0 Å². The van der Waals surface area contributed by atoms with Crippen LogP contribution in [0, 0.1) is 17.5 Å². The summed E-state index contributed by atoms with van der Waals surface area (Å²) in [4.78, 5) is 11.3. The zero-order chi connectivity index (χ0) is 16.1. The Morgan fingerprint density at radius 1 is 1.05 bits per heavy atom. The third kappa shape index (κ3) is 4.00. The van der Waals surface area contributed by atoms with Crippen LogP contribution in [0.25, 0.3) is 0 Å². The Hall–Kier alpha value is -2.50. The minimum absolute atomic E-state index is 0.000580. The van der Waals surface area contributed by atoms with E-state index in [-0.39, 0.29) is 18.8 Å². The molecular formula is C16H13F3O3. The van der Waals surface area contributed by atoms with Crippen molar-refractivity contribution in [1.29, 1.82) is 0 Å². The van der Waals surface area contributed by atoms with Crippen molar-refractivity contribution in [2.24, 2.45) is 0 Å². The molecule has 22 heavy (non-hydrogen) atoms. The summed E-state index contributed by atoms with van der Waals surface area (Å²) in [7, 11) is 0. The first kappa shape index (κ1) is 15.9. The molecule has 116 valence electrons. The van der Waals surface area contributed by atoms with Gasteiger partial charge in [-0.25, -0.2) is 13.2 Å². The van der Waals surface area contributed by atoms with E-state index in [1.807, 2.05) is 0 Å². The van der Waals surface area contributed by atoms with Crippen molar-refractivity contribution < 1.29 is 27.8 Å². The fourth-order valence-electron chi connectivity index (χ4n) is 1.99. The zero-order valence-electron chi connectivity index (χ0n) is 11.4. The molecule has 3 nitrogen and oxygen atoms in total. The molecule has 0 aromatic heterocycles. The molecule has 0 saturated carbocycles. The molecule has 6 heteroatoms. The number of halogens is 3. The van der Waals surface area contributed by atoms with Crippen molar-refractivity contribution in [2.75, 3.05) is 6.61 Å². The van der Waals surface area contributed by atoms with Crippen LogP contribution in [-0.2, 0) is 4.79 Å². The predicted octanol–water partition coefficient (Wildman–Crippen LogP) is 3.74. The molecule has 0 fully saturated rings. The van der Waals surface area contributed by atoms with Crippen molar-refractivity contribution in [3.8, 4) is 5.75 Å². The molecule has 0 bridgehead atoms. The normalized spacial score (nSPS) is 12.0. The average molecular weight is 310 g/mol. The SMILES string of the molecule is O=C(O)C(CCOc1ccc(F)c(F)c1)c1ccc(F)cc1. The van der Waals surface area contributed by atoms with Gasteiger partial charge in [0.05, 0.1) is 12.5 Å². The summed E-state index contributed by atoms with van der Waals surface area (Å²) >= 11 is 0. The Bertz CT molecular complexity index is 656. The number of hydrogen-bond acceptors (Lipinski definition) is 2. The molecule has 2 aromatic rings. The largest absolute Gasteiger partial charge is 0.493 e. The highest BCUT2D eigenvalue weighted by Gasteiger charge is 2.20. The van der Waals surface area contributed by atoms with Crippen LogP contribution < -0.4 is 4.74 Å². The second kappa shape index (κ2) is 6.98. The lowest BCUT2D eigenvalue weighted by atomic mass is 9.96. The van der Waals surface area contributed by atoms with E-state index in [9.17, 15) is 23.1 Å². The molecule has 0 spiro atoms. The molecule has 0 heterocycles. The Morgan fingerprint density at radius 2 is 1.73 bits per heavy atom. The van der Waals surface area contributed by atoms with Gasteiger partial charge in [-0.15, -0.1) is 0 Å². The Labute approximate surface area is 125 Å². The fourth-order valence-corrected chi connectivity index (χ4v) is 1.99. The van der Waals surface area contributed by atoms with Crippen LogP contribution >= 0.6 is 0 Å². The van der Waals surface area contributed by atoms with Crippen molar-refractivity contribution in [3.05, 3.63) is 65.5 Å².